The first kappa shape index (κ1) is 9.23. The van der Waals surface area contributed by atoms with Crippen LogP contribution in [0, 0.1) is 0 Å². The van der Waals surface area contributed by atoms with Crippen LogP contribution in [0.3, 0.4) is 0 Å². The van der Waals surface area contributed by atoms with Gasteiger partial charge in [-0.2, -0.15) is 0 Å². The van der Waals surface area contributed by atoms with E-state index in [1.165, 1.54) is 18.0 Å². The standard InChI is InChI=1S/C9H9N3OS/c10-6-7-1-2-11-8(5-7)14-9-12-3-4-13-9/h1-5H,6,10H2. The third-order valence-corrected chi connectivity index (χ3v) is 2.45. The summed E-state index contributed by atoms with van der Waals surface area (Å²) in [4.78, 5) is 8.16. The number of hydrogen-bond donors (Lipinski definition) is 1. The Bertz CT molecular complexity index is 402. The molecule has 0 saturated heterocycles. The minimum absolute atomic E-state index is 0.516. The number of rotatable bonds is 3. The molecule has 2 aromatic heterocycles. The second-order valence-corrected chi connectivity index (χ2v) is 3.58. The molecule has 0 aliphatic heterocycles. The van der Waals surface area contributed by atoms with Crippen molar-refractivity contribution in [2.45, 2.75) is 16.8 Å². The molecular formula is C9H9N3OS. The molecule has 0 radical (unpaired) electrons. The average Bonchev–Trinajstić information content (AvgIpc) is 2.71. The summed E-state index contributed by atoms with van der Waals surface area (Å²) in [6, 6.07) is 3.81. The fourth-order valence-electron chi connectivity index (χ4n) is 0.983. The van der Waals surface area contributed by atoms with Crippen LogP contribution in [0.2, 0.25) is 0 Å². The van der Waals surface area contributed by atoms with E-state index in [1.807, 2.05) is 12.1 Å². The lowest BCUT2D eigenvalue weighted by Crippen LogP contribution is -1.96. The molecule has 0 aliphatic rings. The lowest BCUT2D eigenvalue weighted by atomic mass is 10.3. The highest BCUT2D eigenvalue weighted by molar-refractivity contribution is 7.99. The minimum Gasteiger partial charge on any atom is -0.440 e. The van der Waals surface area contributed by atoms with E-state index in [1.54, 1.807) is 12.4 Å². The van der Waals surface area contributed by atoms with Gasteiger partial charge in [0.15, 0.2) is 0 Å². The monoisotopic (exact) mass is 207 g/mol. The summed E-state index contributed by atoms with van der Waals surface area (Å²) < 4.78 is 5.09. The second-order valence-electron chi connectivity index (χ2n) is 2.61. The van der Waals surface area contributed by atoms with Crippen molar-refractivity contribution in [1.82, 2.24) is 9.97 Å². The summed E-state index contributed by atoms with van der Waals surface area (Å²) in [5.41, 5.74) is 6.57. The van der Waals surface area contributed by atoms with E-state index in [9.17, 15) is 0 Å². The number of pyridine rings is 1. The van der Waals surface area contributed by atoms with Crippen LogP contribution in [0.1, 0.15) is 5.56 Å². The predicted octanol–water partition coefficient (Wildman–Crippen LogP) is 1.68. The highest BCUT2D eigenvalue weighted by Gasteiger charge is 2.02. The van der Waals surface area contributed by atoms with Crippen LogP contribution in [0.4, 0.5) is 0 Å². The van der Waals surface area contributed by atoms with Crippen LogP contribution >= 0.6 is 11.8 Å². The van der Waals surface area contributed by atoms with Crippen LogP contribution < -0.4 is 5.73 Å². The molecule has 4 nitrogen and oxygen atoms in total. The fraction of sp³-hybridized carbons (Fsp3) is 0.111. The summed E-state index contributed by atoms with van der Waals surface area (Å²) in [6.07, 6.45) is 4.87. The van der Waals surface area contributed by atoms with E-state index in [4.69, 9.17) is 10.2 Å². The van der Waals surface area contributed by atoms with Gasteiger partial charge in [-0.05, 0) is 29.5 Å². The van der Waals surface area contributed by atoms with Gasteiger partial charge in [0, 0.05) is 12.7 Å². The molecule has 0 fully saturated rings. The van der Waals surface area contributed by atoms with Crippen LogP contribution in [-0.2, 0) is 6.54 Å². The predicted molar refractivity (Wildman–Crippen MR) is 52.8 cm³/mol. The van der Waals surface area contributed by atoms with E-state index in [0.717, 1.165) is 10.6 Å². The topological polar surface area (TPSA) is 64.9 Å². The molecule has 5 heteroatoms. The molecular weight excluding hydrogens is 198 g/mol. The first-order chi connectivity index (χ1) is 6.88. The Labute approximate surface area is 85.6 Å². The molecule has 0 atom stereocenters. The molecule has 14 heavy (non-hydrogen) atoms. The Morgan fingerprint density at radius 3 is 3.00 bits per heavy atom. The maximum atomic E-state index is 5.52. The Balaban J connectivity index is 2.17. The molecule has 0 bridgehead atoms. The molecule has 0 unspecified atom stereocenters. The highest BCUT2D eigenvalue weighted by Crippen LogP contribution is 2.24. The first-order valence-electron chi connectivity index (χ1n) is 4.11. The normalized spacial score (nSPS) is 10.4. The van der Waals surface area contributed by atoms with Crippen molar-refractivity contribution < 1.29 is 4.42 Å². The van der Waals surface area contributed by atoms with Gasteiger partial charge in [-0.15, -0.1) is 0 Å². The van der Waals surface area contributed by atoms with E-state index >= 15 is 0 Å². The second kappa shape index (κ2) is 4.26. The Morgan fingerprint density at radius 1 is 1.36 bits per heavy atom. The number of oxazole rings is 1. The van der Waals surface area contributed by atoms with E-state index < -0.39 is 0 Å². The molecule has 0 amide bonds. The lowest BCUT2D eigenvalue weighted by molar-refractivity contribution is 0.454. The minimum atomic E-state index is 0.516. The van der Waals surface area contributed by atoms with Crippen LogP contribution in [0.15, 0.2) is 45.5 Å². The first-order valence-corrected chi connectivity index (χ1v) is 4.92. The maximum Gasteiger partial charge on any atom is 0.261 e. The summed E-state index contributed by atoms with van der Waals surface area (Å²) in [5, 5.41) is 1.43. The van der Waals surface area contributed by atoms with E-state index in [0.29, 0.717) is 11.8 Å². The molecule has 72 valence electrons. The molecule has 0 spiro atoms. The zero-order valence-corrected chi connectivity index (χ0v) is 8.20. The van der Waals surface area contributed by atoms with Gasteiger partial charge in [-0.3, -0.25) is 0 Å². The summed E-state index contributed by atoms with van der Waals surface area (Å²) >= 11 is 1.38. The molecule has 0 aromatic carbocycles. The van der Waals surface area contributed by atoms with Crippen molar-refractivity contribution in [3.63, 3.8) is 0 Å². The van der Waals surface area contributed by atoms with Crippen molar-refractivity contribution in [1.29, 1.82) is 0 Å². The Hall–Kier alpha value is -1.33. The van der Waals surface area contributed by atoms with Gasteiger partial charge in [0.1, 0.15) is 11.3 Å². The summed E-state index contributed by atoms with van der Waals surface area (Å²) in [7, 11) is 0. The van der Waals surface area contributed by atoms with E-state index in [2.05, 4.69) is 9.97 Å². The van der Waals surface area contributed by atoms with Crippen LogP contribution in [0.25, 0.3) is 0 Å². The van der Waals surface area contributed by atoms with Crippen LogP contribution in [-0.4, -0.2) is 9.97 Å². The lowest BCUT2D eigenvalue weighted by Gasteiger charge is -1.98. The molecule has 2 aromatic rings. The summed E-state index contributed by atoms with van der Waals surface area (Å²) in [5.74, 6) is 0. The highest BCUT2D eigenvalue weighted by atomic mass is 32.2. The van der Waals surface area contributed by atoms with Crippen molar-refractivity contribution in [2.24, 2.45) is 5.73 Å². The zero-order chi connectivity index (χ0) is 9.80. The quantitative estimate of drug-likeness (QED) is 0.829. The maximum absolute atomic E-state index is 5.52. The summed E-state index contributed by atoms with van der Waals surface area (Å²) in [6.45, 7) is 0.516. The zero-order valence-electron chi connectivity index (χ0n) is 7.38. The van der Waals surface area contributed by atoms with Gasteiger partial charge in [0.05, 0.1) is 6.20 Å². The van der Waals surface area contributed by atoms with Gasteiger partial charge in [0.2, 0.25) is 0 Å². The molecule has 0 saturated carbocycles. The number of nitrogens with two attached hydrogens (primary N) is 1. The fourth-order valence-corrected chi connectivity index (χ4v) is 1.70. The van der Waals surface area contributed by atoms with Crippen molar-refractivity contribution >= 4 is 11.8 Å². The average molecular weight is 207 g/mol. The Morgan fingerprint density at radius 2 is 2.29 bits per heavy atom. The van der Waals surface area contributed by atoms with Crippen molar-refractivity contribution in [3.05, 3.63) is 36.4 Å². The van der Waals surface area contributed by atoms with Gasteiger partial charge in [-0.1, -0.05) is 0 Å². The third kappa shape index (κ3) is 2.12. The molecule has 2 N–H and O–H groups in total. The largest absolute Gasteiger partial charge is 0.440 e. The molecule has 0 aliphatic carbocycles. The van der Waals surface area contributed by atoms with Crippen molar-refractivity contribution in [3.8, 4) is 0 Å². The van der Waals surface area contributed by atoms with E-state index in [-0.39, 0.29) is 0 Å². The third-order valence-electron chi connectivity index (χ3n) is 1.64. The van der Waals surface area contributed by atoms with Gasteiger partial charge < -0.3 is 10.2 Å². The number of hydrogen-bond acceptors (Lipinski definition) is 5. The van der Waals surface area contributed by atoms with Gasteiger partial charge in [-0.25, -0.2) is 9.97 Å². The van der Waals surface area contributed by atoms with Crippen molar-refractivity contribution in [2.75, 3.05) is 0 Å². The van der Waals surface area contributed by atoms with Crippen LogP contribution in [0.5, 0.6) is 0 Å². The number of aromatic nitrogens is 2. The SMILES string of the molecule is NCc1ccnc(Sc2ncco2)c1. The van der Waals surface area contributed by atoms with Gasteiger partial charge in [0.25, 0.3) is 5.22 Å². The van der Waals surface area contributed by atoms with Gasteiger partial charge >= 0.3 is 0 Å². The number of nitrogens with zero attached hydrogens (tertiary/aromatic N) is 2. The Kier molecular flexibility index (Phi) is 2.81. The smallest absolute Gasteiger partial charge is 0.261 e. The molecule has 2 rings (SSSR count). The molecule has 2 heterocycles.